The van der Waals surface area contributed by atoms with Crippen molar-refractivity contribution in [3.8, 4) is 0 Å². The van der Waals surface area contributed by atoms with Gasteiger partial charge >= 0.3 is 0 Å². The van der Waals surface area contributed by atoms with Crippen LogP contribution >= 0.6 is 0 Å². The molecule has 0 atom stereocenters. The maximum atomic E-state index is 11.1. The third-order valence-electron chi connectivity index (χ3n) is 3.95. The van der Waals surface area contributed by atoms with Crippen LogP contribution in [0.4, 0.5) is 0 Å². The van der Waals surface area contributed by atoms with Crippen molar-refractivity contribution in [2.24, 2.45) is 0 Å². The lowest BCUT2D eigenvalue weighted by atomic mass is 9.80. The molecule has 24 heavy (non-hydrogen) atoms. The number of aliphatic carboxylic acids is 1. The first-order chi connectivity index (χ1) is 11.7. The second kappa shape index (κ2) is 7.11. The zero-order valence-electron chi connectivity index (χ0n) is 13.1. The monoisotopic (exact) mass is 317 g/mol. The summed E-state index contributed by atoms with van der Waals surface area (Å²) in [5, 5.41) is 11.1. The summed E-state index contributed by atoms with van der Waals surface area (Å²) in [6.07, 6.45) is 0. The molecular formula is C21H17O3-. The summed E-state index contributed by atoms with van der Waals surface area (Å²) in [7, 11) is 0. The van der Waals surface area contributed by atoms with Gasteiger partial charge in [0, 0.05) is 0 Å². The van der Waals surface area contributed by atoms with Gasteiger partial charge in [0.2, 0.25) is 0 Å². The van der Waals surface area contributed by atoms with Crippen molar-refractivity contribution in [1.29, 1.82) is 0 Å². The van der Waals surface area contributed by atoms with Crippen LogP contribution in [0.1, 0.15) is 16.7 Å². The highest BCUT2D eigenvalue weighted by atomic mass is 16.5. The summed E-state index contributed by atoms with van der Waals surface area (Å²) in [5.41, 5.74) is 1.58. The second-order valence-corrected chi connectivity index (χ2v) is 5.44. The van der Waals surface area contributed by atoms with Crippen LogP contribution in [-0.4, -0.2) is 12.6 Å². The van der Waals surface area contributed by atoms with Gasteiger partial charge in [-0.2, -0.15) is 0 Å². The Labute approximate surface area is 141 Å². The minimum absolute atomic E-state index is 0.501. The van der Waals surface area contributed by atoms with Gasteiger partial charge < -0.3 is 14.6 Å². The summed E-state index contributed by atoms with van der Waals surface area (Å²) in [5.74, 6) is -1.25. The van der Waals surface area contributed by atoms with Crippen LogP contribution in [-0.2, 0) is 15.1 Å². The zero-order valence-corrected chi connectivity index (χ0v) is 13.1. The van der Waals surface area contributed by atoms with E-state index in [0.717, 1.165) is 16.7 Å². The highest BCUT2D eigenvalue weighted by Crippen LogP contribution is 2.40. The van der Waals surface area contributed by atoms with E-state index in [9.17, 15) is 9.90 Å². The van der Waals surface area contributed by atoms with Gasteiger partial charge in [-0.25, -0.2) is 0 Å². The van der Waals surface area contributed by atoms with Gasteiger partial charge in [-0.3, -0.25) is 0 Å². The summed E-state index contributed by atoms with van der Waals surface area (Å²) < 4.78 is 5.99. The van der Waals surface area contributed by atoms with Crippen molar-refractivity contribution in [2.45, 2.75) is 5.60 Å². The molecule has 3 heteroatoms. The Hall–Kier alpha value is -2.91. The first-order valence-corrected chi connectivity index (χ1v) is 7.74. The molecule has 0 spiro atoms. The van der Waals surface area contributed by atoms with Gasteiger partial charge in [-0.05, 0) is 16.7 Å². The number of hydrogen-bond donors (Lipinski definition) is 0. The Morgan fingerprint density at radius 3 is 1.33 bits per heavy atom. The molecule has 3 rings (SSSR count). The van der Waals surface area contributed by atoms with Crippen LogP contribution in [0.3, 0.4) is 0 Å². The van der Waals surface area contributed by atoms with Crippen molar-refractivity contribution >= 4 is 5.97 Å². The van der Waals surface area contributed by atoms with Crippen molar-refractivity contribution < 1.29 is 14.6 Å². The lowest BCUT2D eigenvalue weighted by Crippen LogP contribution is -2.38. The Kier molecular flexibility index (Phi) is 4.73. The molecular weight excluding hydrogens is 300 g/mol. The molecule has 0 amide bonds. The minimum Gasteiger partial charge on any atom is -0.548 e. The van der Waals surface area contributed by atoms with Gasteiger partial charge in [0.05, 0.1) is 12.6 Å². The standard InChI is InChI=1S/C21H18O3/c22-20(23)16-24-21(17-10-4-1-5-11-17,18-12-6-2-7-13-18)19-14-8-3-9-15-19/h1-15H,16H2,(H,22,23)/p-1. The van der Waals surface area contributed by atoms with Gasteiger partial charge in [0.25, 0.3) is 0 Å². The molecule has 3 aromatic carbocycles. The molecule has 0 aliphatic heterocycles. The molecule has 0 unspecified atom stereocenters. The molecule has 0 saturated carbocycles. The number of carboxylic acid groups (broad SMARTS) is 1. The highest BCUT2D eigenvalue weighted by Gasteiger charge is 2.37. The highest BCUT2D eigenvalue weighted by molar-refractivity contribution is 5.66. The average molecular weight is 317 g/mol. The fourth-order valence-corrected chi connectivity index (χ4v) is 2.94. The molecule has 0 aliphatic carbocycles. The SMILES string of the molecule is O=C([O-])COC(c1ccccc1)(c1ccccc1)c1ccccc1. The van der Waals surface area contributed by atoms with E-state index in [-0.39, 0.29) is 0 Å². The normalized spacial score (nSPS) is 11.2. The van der Waals surface area contributed by atoms with E-state index in [1.54, 1.807) is 0 Å². The quantitative estimate of drug-likeness (QED) is 0.657. The summed E-state index contributed by atoms with van der Waals surface area (Å²) in [6, 6.07) is 28.9. The Bertz CT molecular complexity index is 686. The average Bonchev–Trinajstić information content (AvgIpc) is 2.65. The van der Waals surface area contributed by atoms with E-state index < -0.39 is 18.2 Å². The predicted octanol–water partition coefficient (Wildman–Crippen LogP) is 2.75. The number of carbonyl (C=O) groups excluding carboxylic acids is 1. The molecule has 3 aromatic rings. The molecule has 0 N–H and O–H groups in total. The van der Waals surface area contributed by atoms with Crippen LogP contribution in [0.2, 0.25) is 0 Å². The third kappa shape index (κ3) is 3.07. The number of carbonyl (C=O) groups is 1. The minimum atomic E-state index is -1.25. The molecule has 0 aliphatic rings. The molecule has 0 saturated heterocycles. The number of rotatable bonds is 6. The van der Waals surface area contributed by atoms with Gasteiger partial charge in [0.1, 0.15) is 5.60 Å². The van der Waals surface area contributed by atoms with Crippen molar-refractivity contribution in [1.82, 2.24) is 0 Å². The lowest BCUT2D eigenvalue weighted by Gasteiger charge is -2.36. The lowest BCUT2D eigenvalue weighted by molar-refractivity contribution is -0.311. The second-order valence-electron chi connectivity index (χ2n) is 5.44. The number of ether oxygens (including phenoxy) is 1. The van der Waals surface area contributed by atoms with Gasteiger partial charge in [-0.15, -0.1) is 0 Å². The predicted molar refractivity (Wildman–Crippen MR) is 90.2 cm³/mol. The Morgan fingerprint density at radius 2 is 1.04 bits per heavy atom. The fourth-order valence-electron chi connectivity index (χ4n) is 2.94. The maximum absolute atomic E-state index is 11.1. The van der Waals surface area contributed by atoms with Crippen molar-refractivity contribution in [2.75, 3.05) is 6.61 Å². The van der Waals surface area contributed by atoms with Gasteiger partial charge in [0.15, 0.2) is 0 Å². The fraction of sp³-hybridized carbons (Fsp3) is 0.0952. The van der Waals surface area contributed by atoms with E-state index in [1.807, 2.05) is 91.0 Å². The van der Waals surface area contributed by atoms with E-state index in [0.29, 0.717) is 0 Å². The van der Waals surface area contributed by atoms with Gasteiger partial charge in [-0.1, -0.05) is 91.0 Å². The van der Waals surface area contributed by atoms with E-state index >= 15 is 0 Å². The molecule has 0 bridgehead atoms. The molecule has 0 fully saturated rings. The number of hydrogen-bond acceptors (Lipinski definition) is 3. The summed E-state index contributed by atoms with van der Waals surface area (Å²) in [6.45, 7) is -0.501. The number of carboxylic acids is 1. The van der Waals surface area contributed by atoms with Crippen LogP contribution in [0.25, 0.3) is 0 Å². The molecule has 120 valence electrons. The van der Waals surface area contributed by atoms with E-state index in [2.05, 4.69) is 0 Å². The van der Waals surface area contributed by atoms with E-state index in [1.165, 1.54) is 0 Å². The van der Waals surface area contributed by atoms with Crippen LogP contribution < -0.4 is 5.11 Å². The van der Waals surface area contributed by atoms with Crippen LogP contribution in [0.15, 0.2) is 91.0 Å². The molecule has 0 aromatic heterocycles. The third-order valence-corrected chi connectivity index (χ3v) is 3.95. The van der Waals surface area contributed by atoms with Crippen LogP contribution in [0, 0.1) is 0 Å². The summed E-state index contributed by atoms with van der Waals surface area (Å²) in [4.78, 5) is 11.1. The number of benzene rings is 3. The molecule has 3 nitrogen and oxygen atoms in total. The maximum Gasteiger partial charge on any atom is 0.144 e. The first kappa shape index (κ1) is 16.0. The van der Waals surface area contributed by atoms with Crippen molar-refractivity contribution in [3.05, 3.63) is 108 Å². The first-order valence-electron chi connectivity index (χ1n) is 7.74. The topological polar surface area (TPSA) is 49.4 Å². The Balaban J connectivity index is 2.26. The largest absolute Gasteiger partial charge is 0.548 e. The zero-order chi connectivity index (χ0) is 16.8. The molecule has 0 radical (unpaired) electrons. The van der Waals surface area contributed by atoms with Crippen molar-refractivity contribution in [3.63, 3.8) is 0 Å². The van der Waals surface area contributed by atoms with Crippen LogP contribution in [0.5, 0.6) is 0 Å². The Morgan fingerprint density at radius 1 is 0.708 bits per heavy atom. The molecule has 0 heterocycles. The van der Waals surface area contributed by atoms with E-state index in [4.69, 9.17) is 4.74 Å². The summed E-state index contributed by atoms with van der Waals surface area (Å²) >= 11 is 0. The smallest absolute Gasteiger partial charge is 0.144 e.